The lowest BCUT2D eigenvalue weighted by Gasteiger charge is -2.19. The Kier molecular flexibility index (Phi) is 4.64. The molecule has 1 aromatic rings. The molecule has 0 aliphatic carbocycles. The van der Waals surface area contributed by atoms with Crippen molar-refractivity contribution in [1.82, 2.24) is 10.6 Å². The van der Waals surface area contributed by atoms with Crippen molar-refractivity contribution in [1.29, 1.82) is 0 Å². The molecule has 0 spiro atoms. The van der Waals surface area contributed by atoms with Gasteiger partial charge in [0.15, 0.2) is 16.6 Å². The van der Waals surface area contributed by atoms with Gasteiger partial charge in [0.25, 0.3) is 0 Å². The number of benzene rings is 1. The van der Waals surface area contributed by atoms with Gasteiger partial charge >= 0.3 is 0 Å². The first-order valence-corrected chi connectivity index (χ1v) is 6.60. The van der Waals surface area contributed by atoms with Gasteiger partial charge in [-0.2, -0.15) is 0 Å². The molecule has 0 saturated carbocycles. The van der Waals surface area contributed by atoms with E-state index >= 15 is 0 Å². The molecule has 18 heavy (non-hydrogen) atoms. The molecule has 2 rings (SSSR count). The number of fused-ring (bicyclic) bond motifs is 1. The highest BCUT2D eigenvalue weighted by Crippen LogP contribution is 2.30. The predicted octanol–water partition coefficient (Wildman–Crippen LogP) is 1.48. The number of rotatable bonds is 4. The fourth-order valence-electron chi connectivity index (χ4n) is 1.79. The second-order valence-corrected chi connectivity index (χ2v) is 4.42. The van der Waals surface area contributed by atoms with Crippen LogP contribution in [-0.2, 0) is 6.42 Å². The van der Waals surface area contributed by atoms with Crippen LogP contribution in [0.25, 0.3) is 0 Å². The van der Waals surface area contributed by atoms with Crippen molar-refractivity contribution in [3.63, 3.8) is 0 Å². The van der Waals surface area contributed by atoms with Crippen LogP contribution in [0.1, 0.15) is 12.5 Å². The van der Waals surface area contributed by atoms with E-state index in [1.54, 1.807) is 0 Å². The van der Waals surface area contributed by atoms with Gasteiger partial charge in [-0.1, -0.05) is 6.07 Å². The van der Waals surface area contributed by atoms with Gasteiger partial charge in [0.05, 0.1) is 0 Å². The second-order valence-electron chi connectivity index (χ2n) is 4.01. The van der Waals surface area contributed by atoms with E-state index in [-0.39, 0.29) is 0 Å². The summed E-state index contributed by atoms with van der Waals surface area (Å²) in [4.78, 5) is 0. The van der Waals surface area contributed by atoms with Crippen LogP contribution in [0.5, 0.6) is 11.5 Å². The molecule has 1 aliphatic heterocycles. The van der Waals surface area contributed by atoms with Crippen LogP contribution < -0.4 is 20.1 Å². The van der Waals surface area contributed by atoms with Crippen molar-refractivity contribution in [3.8, 4) is 11.5 Å². The monoisotopic (exact) mass is 266 g/mol. The molecule has 98 valence electrons. The lowest BCUT2D eigenvalue weighted by molar-refractivity contribution is 0.171. The second kappa shape index (κ2) is 6.44. The Morgan fingerprint density at radius 1 is 1.22 bits per heavy atom. The quantitative estimate of drug-likeness (QED) is 0.808. The minimum absolute atomic E-state index is 0.624. The molecular weight excluding hydrogens is 248 g/mol. The van der Waals surface area contributed by atoms with Gasteiger partial charge < -0.3 is 20.1 Å². The fraction of sp³-hybridized carbons (Fsp3) is 0.462. The molecule has 0 fully saturated rings. The normalized spacial score (nSPS) is 12.9. The first kappa shape index (κ1) is 13.0. The highest BCUT2D eigenvalue weighted by atomic mass is 32.1. The zero-order chi connectivity index (χ0) is 12.8. The van der Waals surface area contributed by atoms with Gasteiger partial charge in [0.2, 0.25) is 0 Å². The topological polar surface area (TPSA) is 42.5 Å². The molecule has 0 amide bonds. The van der Waals surface area contributed by atoms with Crippen molar-refractivity contribution < 1.29 is 9.47 Å². The Hall–Kier alpha value is -1.49. The first-order chi connectivity index (χ1) is 8.79. The third kappa shape index (κ3) is 3.50. The van der Waals surface area contributed by atoms with E-state index in [4.69, 9.17) is 21.7 Å². The summed E-state index contributed by atoms with van der Waals surface area (Å²) in [6.07, 6.45) is 0.905. The summed E-state index contributed by atoms with van der Waals surface area (Å²) in [5.41, 5.74) is 1.21. The van der Waals surface area contributed by atoms with Crippen molar-refractivity contribution >= 4 is 17.3 Å². The predicted molar refractivity (Wildman–Crippen MR) is 75.4 cm³/mol. The molecule has 4 nitrogen and oxygen atoms in total. The maximum Gasteiger partial charge on any atom is 0.166 e. The van der Waals surface area contributed by atoms with E-state index in [2.05, 4.69) is 16.7 Å². The number of ether oxygens (including phenoxy) is 2. The van der Waals surface area contributed by atoms with Gasteiger partial charge in [-0.15, -0.1) is 0 Å². The summed E-state index contributed by atoms with van der Waals surface area (Å²) in [5, 5.41) is 6.92. The molecule has 0 saturated heterocycles. The molecule has 1 aliphatic rings. The van der Waals surface area contributed by atoms with E-state index in [9.17, 15) is 0 Å². The van der Waals surface area contributed by atoms with Crippen molar-refractivity contribution in [2.45, 2.75) is 13.3 Å². The van der Waals surface area contributed by atoms with Crippen LogP contribution >= 0.6 is 12.2 Å². The lowest BCUT2D eigenvalue weighted by Crippen LogP contribution is -2.36. The molecule has 0 aromatic heterocycles. The maximum atomic E-state index is 5.55. The molecule has 0 atom stereocenters. The fourth-order valence-corrected chi connectivity index (χ4v) is 2.03. The highest BCUT2D eigenvalue weighted by Gasteiger charge is 2.11. The summed E-state index contributed by atoms with van der Waals surface area (Å²) in [6.45, 7) is 4.93. The van der Waals surface area contributed by atoms with Crippen LogP contribution in [-0.4, -0.2) is 31.4 Å². The highest BCUT2D eigenvalue weighted by molar-refractivity contribution is 7.80. The standard InChI is InChI=1S/C13H18N2O2S/c1-2-14-13(18)15-6-5-10-3-4-11-12(9-10)17-8-7-16-11/h3-4,9H,2,5-8H2,1H3,(H2,14,15,18). The Morgan fingerprint density at radius 3 is 2.78 bits per heavy atom. The average molecular weight is 266 g/mol. The Balaban J connectivity index is 1.84. The minimum Gasteiger partial charge on any atom is -0.486 e. The van der Waals surface area contributed by atoms with Crippen LogP contribution in [0.15, 0.2) is 18.2 Å². The number of hydrogen-bond acceptors (Lipinski definition) is 3. The van der Waals surface area contributed by atoms with Crippen molar-refractivity contribution in [2.24, 2.45) is 0 Å². The number of thiocarbonyl (C=S) groups is 1. The Labute approximate surface area is 113 Å². The maximum absolute atomic E-state index is 5.55. The van der Waals surface area contributed by atoms with Crippen LogP contribution in [0.2, 0.25) is 0 Å². The molecule has 0 bridgehead atoms. The van der Waals surface area contributed by atoms with Crippen LogP contribution in [0.3, 0.4) is 0 Å². The van der Waals surface area contributed by atoms with E-state index in [0.717, 1.165) is 31.0 Å². The summed E-state index contributed by atoms with van der Waals surface area (Å²) >= 11 is 5.10. The van der Waals surface area contributed by atoms with Gasteiger partial charge in [-0.25, -0.2) is 0 Å². The first-order valence-electron chi connectivity index (χ1n) is 6.20. The summed E-state index contributed by atoms with van der Waals surface area (Å²) in [7, 11) is 0. The third-order valence-electron chi connectivity index (χ3n) is 2.64. The summed E-state index contributed by atoms with van der Waals surface area (Å²) in [6, 6.07) is 6.06. The Morgan fingerprint density at radius 2 is 2.00 bits per heavy atom. The van der Waals surface area contributed by atoms with E-state index in [1.807, 2.05) is 19.1 Å². The number of hydrogen-bond donors (Lipinski definition) is 2. The smallest absolute Gasteiger partial charge is 0.166 e. The van der Waals surface area contributed by atoms with Gasteiger partial charge in [-0.3, -0.25) is 0 Å². The van der Waals surface area contributed by atoms with Crippen molar-refractivity contribution in [2.75, 3.05) is 26.3 Å². The van der Waals surface area contributed by atoms with Gasteiger partial charge in [0, 0.05) is 13.1 Å². The Bertz CT molecular complexity index is 423. The number of nitrogens with one attached hydrogen (secondary N) is 2. The van der Waals surface area contributed by atoms with Crippen molar-refractivity contribution in [3.05, 3.63) is 23.8 Å². The lowest BCUT2D eigenvalue weighted by atomic mass is 10.1. The van der Waals surface area contributed by atoms with E-state index < -0.39 is 0 Å². The molecule has 0 unspecified atom stereocenters. The third-order valence-corrected chi connectivity index (χ3v) is 2.93. The molecule has 5 heteroatoms. The SMILES string of the molecule is CCNC(=S)NCCc1ccc2c(c1)OCCO2. The van der Waals surface area contributed by atoms with Gasteiger partial charge in [-0.05, 0) is 43.3 Å². The van der Waals surface area contributed by atoms with E-state index in [0.29, 0.717) is 18.3 Å². The summed E-state index contributed by atoms with van der Waals surface area (Å²) in [5.74, 6) is 1.68. The average Bonchev–Trinajstić information content (AvgIpc) is 2.39. The van der Waals surface area contributed by atoms with Crippen LogP contribution in [0, 0.1) is 0 Å². The van der Waals surface area contributed by atoms with E-state index in [1.165, 1.54) is 5.56 Å². The molecule has 2 N–H and O–H groups in total. The van der Waals surface area contributed by atoms with Crippen LogP contribution in [0.4, 0.5) is 0 Å². The van der Waals surface area contributed by atoms with Gasteiger partial charge in [0.1, 0.15) is 13.2 Å². The largest absolute Gasteiger partial charge is 0.486 e. The molecule has 1 aromatic carbocycles. The minimum atomic E-state index is 0.624. The molecule has 0 radical (unpaired) electrons. The zero-order valence-corrected chi connectivity index (χ0v) is 11.3. The summed E-state index contributed by atoms with van der Waals surface area (Å²) < 4.78 is 11.0. The zero-order valence-electron chi connectivity index (χ0n) is 10.5. The molecule has 1 heterocycles. The molecular formula is C13H18N2O2S.